The number of nitrogens with one attached hydrogen (secondary N) is 1. The number of anilines is 2. The number of carbonyl (C=O) groups excluding carboxylic acids is 1. The van der Waals surface area contributed by atoms with E-state index in [-0.39, 0.29) is 6.61 Å². The molecule has 8 heteroatoms. The first-order valence-electron chi connectivity index (χ1n) is 7.50. The summed E-state index contributed by atoms with van der Waals surface area (Å²) in [6.07, 6.45) is 3.30. The lowest BCUT2D eigenvalue weighted by molar-refractivity contribution is -0.145. The van der Waals surface area contributed by atoms with Gasteiger partial charge in [0.1, 0.15) is 6.61 Å². The number of carbonyl (C=O) groups is 1. The smallest absolute Gasteiger partial charge is 0.344 e. The van der Waals surface area contributed by atoms with Gasteiger partial charge in [-0.15, -0.1) is 0 Å². The molecule has 0 bridgehead atoms. The van der Waals surface area contributed by atoms with Gasteiger partial charge in [-0.25, -0.2) is 14.8 Å². The molecule has 1 aromatic heterocycles. The van der Waals surface area contributed by atoms with Gasteiger partial charge in [-0.05, 0) is 25.1 Å². The molecule has 24 heavy (non-hydrogen) atoms. The molecule has 0 atom stereocenters. The topological polar surface area (TPSA) is 109 Å². The van der Waals surface area contributed by atoms with E-state index in [0.717, 1.165) is 0 Å². The van der Waals surface area contributed by atoms with Crippen molar-refractivity contribution in [3.05, 3.63) is 36.7 Å². The third-order valence-corrected chi connectivity index (χ3v) is 2.83. The Balaban J connectivity index is 1.86. The van der Waals surface area contributed by atoms with Gasteiger partial charge in [-0.2, -0.15) is 0 Å². The van der Waals surface area contributed by atoms with E-state index in [1.165, 1.54) is 0 Å². The largest absolute Gasteiger partial charge is 0.488 e. The molecule has 1 heterocycles. The number of benzene rings is 1. The minimum atomic E-state index is -0.450. The molecule has 8 nitrogen and oxygen atoms in total. The van der Waals surface area contributed by atoms with Crippen LogP contribution in [0.4, 0.5) is 11.6 Å². The minimum Gasteiger partial charge on any atom is -0.488 e. The Hall–Kier alpha value is -3.03. The molecule has 0 aliphatic rings. The molecular formula is C16H20N4O4. The lowest BCUT2D eigenvalue weighted by Gasteiger charge is -2.13. The molecule has 0 unspecified atom stereocenters. The van der Waals surface area contributed by atoms with Crippen molar-refractivity contribution >= 4 is 17.6 Å². The summed E-state index contributed by atoms with van der Waals surface area (Å²) in [6, 6.07) is 6.72. The van der Waals surface area contributed by atoms with Gasteiger partial charge in [-0.1, -0.05) is 0 Å². The Kier molecular flexibility index (Phi) is 6.63. The molecule has 0 radical (unpaired) electrons. The molecule has 2 rings (SSSR count). The van der Waals surface area contributed by atoms with E-state index in [1.54, 1.807) is 43.6 Å². The van der Waals surface area contributed by atoms with Crippen LogP contribution in [-0.4, -0.2) is 42.3 Å². The van der Waals surface area contributed by atoms with Gasteiger partial charge in [0.25, 0.3) is 0 Å². The third-order valence-electron chi connectivity index (χ3n) is 2.83. The van der Waals surface area contributed by atoms with E-state index >= 15 is 0 Å². The number of nitrogen functional groups attached to an aromatic ring is 1. The second-order valence-corrected chi connectivity index (χ2v) is 4.65. The molecular weight excluding hydrogens is 312 g/mol. The summed E-state index contributed by atoms with van der Waals surface area (Å²) in [4.78, 5) is 19.5. The molecule has 0 amide bonds. The first-order chi connectivity index (χ1) is 11.7. The Morgan fingerprint density at radius 1 is 1.21 bits per heavy atom. The van der Waals surface area contributed by atoms with Gasteiger partial charge in [0, 0.05) is 24.1 Å². The molecule has 0 saturated heterocycles. The van der Waals surface area contributed by atoms with Crippen molar-refractivity contribution in [2.45, 2.75) is 6.92 Å². The third kappa shape index (κ3) is 5.64. The summed E-state index contributed by atoms with van der Waals surface area (Å²) in [6.45, 7) is 2.69. The molecule has 0 aliphatic heterocycles. The fraction of sp³-hybridized carbons (Fsp3) is 0.312. The van der Waals surface area contributed by atoms with E-state index in [9.17, 15) is 4.79 Å². The first-order valence-corrected chi connectivity index (χ1v) is 7.50. The van der Waals surface area contributed by atoms with Crippen molar-refractivity contribution in [2.24, 2.45) is 0 Å². The van der Waals surface area contributed by atoms with Crippen molar-refractivity contribution in [1.29, 1.82) is 0 Å². The molecule has 0 aliphatic carbocycles. The SMILES string of the molecule is CCOC(=O)COc1cc(N)ccc1OCCNc1ncccn1. The van der Waals surface area contributed by atoms with Gasteiger partial charge >= 0.3 is 5.97 Å². The number of aromatic nitrogens is 2. The Morgan fingerprint density at radius 2 is 2.00 bits per heavy atom. The van der Waals surface area contributed by atoms with Crippen molar-refractivity contribution in [1.82, 2.24) is 9.97 Å². The van der Waals surface area contributed by atoms with Crippen LogP contribution in [0.25, 0.3) is 0 Å². The second kappa shape index (κ2) is 9.19. The van der Waals surface area contributed by atoms with Crippen LogP contribution in [0.15, 0.2) is 36.7 Å². The molecule has 3 N–H and O–H groups in total. The standard InChI is InChI=1S/C16H20N4O4/c1-2-22-15(21)11-24-14-10-12(17)4-5-13(14)23-9-8-20-16-18-6-3-7-19-16/h3-7,10H,2,8-9,11,17H2,1H3,(H,18,19,20). The summed E-state index contributed by atoms with van der Waals surface area (Å²) >= 11 is 0. The summed E-state index contributed by atoms with van der Waals surface area (Å²) in [7, 11) is 0. The number of rotatable bonds is 9. The number of hydrogen-bond donors (Lipinski definition) is 2. The highest BCUT2D eigenvalue weighted by Gasteiger charge is 2.09. The summed E-state index contributed by atoms with van der Waals surface area (Å²) in [5.74, 6) is 0.953. The van der Waals surface area contributed by atoms with Crippen LogP contribution in [0.2, 0.25) is 0 Å². The predicted octanol–water partition coefficient (Wildman–Crippen LogP) is 1.49. The van der Waals surface area contributed by atoms with Crippen molar-refractivity contribution < 1.29 is 19.0 Å². The Labute approximate surface area is 140 Å². The van der Waals surface area contributed by atoms with Gasteiger partial charge in [0.2, 0.25) is 5.95 Å². The van der Waals surface area contributed by atoms with Crippen molar-refractivity contribution in [3.63, 3.8) is 0 Å². The molecule has 0 spiro atoms. The lowest BCUT2D eigenvalue weighted by atomic mass is 10.3. The number of esters is 1. The van der Waals surface area contributed by atoms with Crippen molar-refractivity contribution in [2.75, 3.05) is 37.4 Å². The van der Waals surface area contributed by atoms with Crippen LogP contribution in [-0.2, 0) is 9.53 Å². The average molecular weight is 332 g/mol. The fourth-order valence-corrected chi connectivity index (χ4v) is 1.81. The second-order valence-electron chi connectivity index (χ2n) is 4.65. The van der Waals surface area contributed by atoms with Crippen LogP contribution < -0.4 is 20.5 Å². The van der Waals surface area contributed by atoms with Crippen LogP contribution >= 0.6 is 0 Å². The number of nitrogens with two attached hydrogens (primary N) is 1. The number of hydrogen-bond acceptors (Lipinski definition) is 8. The Morgan fingerprint density at radius 3 is 2.75 bits per heavy atom. The highest BCUT2D eigenvalue weighted by Crippen LogP contribution is 2.29. The maximum Gasteiger partial charge on any atom is 0.344 e. The van der Waals surface area contributed by atoms with Crippen LogP contribution in [0.1, 0.15) is 6.92 Å². The summed E-state index contributed by atoms with van der Waals surface area (Å²) < 4.78 is 15.9. The highest BCUT2D eigenvalue weighted by molar-refractivity contribution is 5.71. The fourth-order valence-electron chi connectivity index (χ4n) is 1.81. The molecule has 1 aromatic carbocycles. The lowest BCUT2D eigenvalue weighted by Crippen LogP contribution is -2.16. The molecule has 0 fully saturated rings. The highest BCUT2D eigenvalue weighted by atomic mass is 16.6. The van der Waals surface area contributed by atoms with E-state index in [1.807, 2.05) is 0 Å². The molecule has 128 valence electrons. The zero-order valence-corrected chi connectivity index (χ0v) is 13.4. The van der Waals surface area contributed by atoms with E-state index in [2.05, 4.69) is 15.3 Å². The maximum absolute atomic E-state index is 11.4. The normalized spacial score (nSPS) is 10.0. The van der Waals surface area contributed by atoms with Gasteiger partial charge in [0.05, 0.1) is 13.2 Å². The number of nitrogens with zero attached hydrogens (tertiary/aromatic N) is 2. The van der Waals surface area contributed by atoms with E-state index in [4.69, 9.17) is 19.9 Å². The van der Waals surface area contributed by atoms with Crippen molar-refractivity contribution in [3.8, 4) is 11.5 Å². The zero-order chi connectivity index (χ0) is 17.2. The predicted molar refractivity (Wildman–Crippen MR) is 89.0 cm³/mol. The summed E-state index contributed by atoms with van der Waals surface area (Å²) in [5, 5.41) is 3.03. The Bertz CT molecular complexity index is 652. The summed E-state index contributed by atoms with van der Waals surface area (Å²) in [5.41, 5.74) is 6.25. The van der Waals surface area contributed by atoms with Crippen LogP contribution in [0, 0.1) is 0 Å². The monoisotopic (exact) mass is 332 g/mol. The van der Waals surface area contributed by atoms with Crippen LogP contribution in [0.3, 0.4) is 0 Å². The first kappa shape index (κ1) is 17.3. The van der Waals surface area contributed by atoms with Crippen LogP contribution in [0.5, 0.6) is 11.5 Å². The maximum atomic E-state index is 11.4. The van der Waals surface area contributed by atoms with Gasteiger partial charge in [-0.3, -0.25) is 0 Å². The van der Waals surface area contributed by atoms with Gasteiger partial charge < -0.3 is 25.3 Å². The van der Waals surface area contributed by atoms with E-state index in [0.29, 0.717) is 42.9 Å². The molecule has 0 saturated carbocycles. The molecule has 2 aromatic rings. The zero-order valence-electron chi connectivity index (χ0n) is 13.4. The van der Waals surface area contributed by atoms with Gasteiger partial charge in [0.15, 0.2) is 18.1 Å². The number of ether oxygens (including phenoxy) is 3. The minimum absolute atomic E-state index is 0.205. The average Bonchev–Trinajstić information content (AvgIpc) is 2.59. The quantitative estimate of drug-likeness (QED) is 0.404. The van der Waals surface area contributed by atoms with E-state index < -0.39 is 5.97 Å².